The SMILES string of the molecule is O=C1C(=O)N(C2CCCC2)C(c2cccs2)/C1=C(/O)c1c[nH]c2ccccc12. The highest BCUT2D eigenvalue weighted by Gasteiger charge is 2.49. The summed E-state index contributed by atoms with van der Waals surface area (Å²) in [5.74, 6) is -1.19. The number of aromatic amines is 1. The Morgan fingerprint density at radius 1 is 1.11 bits per heavy atom. The van der Waals surface area contributed by atoms with Crippen LogP contribution in [-0.2, 0) is 9.59 Å². The number of nitrogens with one attached hydrogen (secondary N) is 1. The molecule has 2 N–H and O–H groups in total. The molecule has 0 bridgehead atoms. The molecule has 1 amide bonds. The number of rotatable bonds is 3. The van der Waals surface area contributed by atoms with Crippen LogP contribution in [0.5, 0.6) is 0 Å². The van der Waals surface area contributed by atoms with Gasteiger partial charge in [-0.05, 0) is 30.4 Å². The maximum Gasteiger partial charge on any atom is 0.295 e. The van der Waals surface area contributed by atoms with Crippen molar-refractivity contribution < 1.29 is 14.7 Å². The number of aliphatic hydroxyl groups excluding tert-OH is 1. The predicted molar refractivity (Wildman–Crippen MR) is 109 cm³/mol. The first-order valence-corrected chi connectivity index (χ1v) is 10.4. The third kappa shape index (κ3) is 2.52. The molecule has 1 unspecified atom stereocenters. The Balaban J connectivity index is 1.70. The van der Waals surface area contributed by atoms with Gasteiger partial charge < -0.3 is 15.0 Å². The molecule has 0 radical (unpaired) electrons. The van der Waals surface area contributed by atoms with Gasteiger partial charge in [0.1, 0.15) is 5.76 Å². The number of para-hydroxylation sites is 1. The Hall–Kier alpha value is -2.86. The van der Waals surface area contributed by atoms with Gasteiger partial charge in [0.05, 0.1) is 11.6 Å². The number of aliphatic hydroxyl groups is 1. The zero-order valence-electron chi connectivity index (χ0n) is 15.2. The van der Waals surface area contributed by atoms with Crippen LogP contribution in [0.25, 0.3) is 16.7 Å². The molecule has 3 heterocycles. The molecule has 5 rings (SSSR count). The van der Waals surface area contributed by atoms with Gasteiger partial charge in [-0.1, -0.05) is 37.1 Å². The summed E-state index contributed by atoms with van der Waals surface area (Å²) < 4.78 is 0. The smallest absolute Gasteiger partial charge is 0.295 e. The number of Topliss-reactive ketones (excluding diaryl/α,β-unsaturated/α-hetero) is 1. The van der Waals surface area contributed by atoms with Crippen molar-refractivity contribution in [2.45, 2.75) is 37.8 Å². The second kappa shape index (κ2) is 6.63. The van der Waals surface area contributed by atoms with E-state index in [1.807, 2.05) is 41.8 Å². The van der Waals surface area contributed by atoms with E-state index in [1.165, 1.54) is 11.3 Å². The Bertz CT molecular complexity index is 1090. The van der Waals surface area contributed by atoms with E-state index in [2.05, 4.69) is 4.98 Å². The minimum atomic E-state index is -0.590. The van der Waals surface area contributed by atoms with E-state index in [0.717, 1.165) is 41.5 Å². The van der Waals surface area contributed by atoms with Gasteiger partial charge in [0, 0.05) is 33.6 Å². The van der Waals surface area contributed by atoms with Crippen molar-refractivity contribution >= 4 is 39.7 Å². The molecule has 1 saturated carbocycles. The molecular formula is C22H20N2O3S. The summed E-state index contributed by atoms with van der Waals surface area (Å²) in [7, 11) is 0. The average molecular weight is 392 g/mol. The average Bonchev–Trinajstić information content (AvgIpc) is 3.49. The fourth-order valence-electron chi connectivity index (χ4n) is 4.55. The number of likely N-dealkylation sites (tertiary alicyclic amines) is 1. The van der Waals surface area contributed by atoms with E-state index < -0.39 is 17.7 Å². The van der Waals surface area contributed by atoms with E-state index in [4.69, 9.17) is 0 Å². The number of thiophene rings is 1. The number of hydrogen-bond acceptors (Lipinski definition) is 4. The number of hydrogen-bond donors (Lipinski definition) is 2. The minimum absolute atomic E-state index is 0.0526. The van der Waals surface area contributed by atoms with Crippen molar-refractivity contribution in [2.75, 3.05) is 0 Å². The number of H-pyrrole nitrogens is 1. The lowest BCUT2D eigenvalue weighted by atomic mass is 9.99. The maximum absolute atomic E-state index is 13.0. The number of amides is 1. The molecule has 3 aromatic rings. The third-order valence-corrected chi connectivity index (χ3v) is 6.78. The highest BCUT2D eigenvalue weighted by atomic mass is 32.1. The molecule has 2 aromatic heterocycles. The Labute approximate surface area is 166 Å². The summed E-state index contributed by atoms with van der Waals surface area (Å²) in [6.45, 7) is 0. The second-order valence-electron chi connectivity index (χ2n) is 7.41. The number of carbonyl (C=O) groups is 2. The number of fused-ring (bicyclic) bond motifs is 1. The monoisotopic (exact) mass is 392 g/mol. The molecule has 1 atom stereocenters. The van der Waals surface area contributed by atoms with Gasteiger partial charge in [-0.25, -0.2) is 0 Å². The predicted octanol–water partition coefficient (Wildman–Crippen LogP) is 4.59. The van der Waals surface area contributed by atoms with Crippen molar-refractivity contribution in [1.29, 1.82) is 0 Å². The number of carbonyl (C=O) groups excluding carboxylic acids is 2. The van der Waals surface area contributed by atoms with Crippen molar-refractivity contribution in [3.05, 3.63) is 64.0 Å². The zero-order valence-corrected chi connectivity index (χ0v) is 16.0. The van der Waals surface area contributed by atoms with Gasteiger partial charge in [-0.2, -0.15) is 0 Å². The van der Waals surface area contributed by atoms with Gasteiger partial charge >= 0.3 is 0 Å². The lowest BCUT2D eigenvalue weighted by Crippen LogP contribution is -2.37. The van der Waals surface area contributed by atoms with Crippen molar-refractivity contribution in [3.8, 4) is 0 Å². The zero-order chi connectivity index (χ0) is 19.3. The minimum Gasteiger partial charge on any atom is -0.507 e. The normalized spacial score (nSPS) is 22.6. The Kier molecular flexibility index (Phi) is 4.09. The molecular weight excluding hydrogens is 372 g/mol. The van der Waals surface area contributed by atoms with Gasteiger partial charge in [-0.3, -0.25) is 9.59 Å². The van der Waals surface area contributed by atoms with Gasteiger partial charge in [-0.15, -0.1) is 11.3 Å². The van der Waals surface area contributed by atoms with Crippen LogP contribution >= 0.6 is 11.3 Å². The molecule has 2 fully saturated rings. The molecule has 2 aliphatic rings. The summed E-state index contributed by atoms with van der Waals surface area (Å²) in [5.41, 5.74) is 1.63. The molecule has 1 aliphatic carbocycles. The molecule has 1 aromatic carbocycles. The largest absolute Gasteiger partial charge is 0.507 e. The van der Waals surface area contributed by atoms with Crippen molar-refractivity contribution in [3.63, 3.8) is 0 Å². The van der Waals surface area contributed by atoms with E-state index >= 15 is 0 Å². The summed E-state index contributed by atoms with van der Waals surface area (Å²) in [6.07, 6.45) is 5.64. The van der Waals surface area contributed by atoms with Crippen molar-refractivity contribution in [1.82, 2.24) is 9.88 Å². The van der Waals surface area contributed by atoms with Crippen molar-refractivity contribution in [2.24, 2.45) is 0 Å². The number of benzene rings is 1. The van der Waals surface area contributed by atoms with Crippen LogP contribution < -0.4 is 0 Å². The van der Waals surface area contributed by atoms with Gasteiger partial charge in [0.15, 0.2) is 0 Å². The second-order valence-corrected chi connectivity index (χ2v) is 8.39. The highest BCUT2D eigenvalue weighted by Crippen LogP contribution is 2.45. The summed E-state index contributed by atoms with van der Waals surface area (Å²) in [5, 5.41) is 14.0. The Morgan fingerprint density at radius 2 is 1.89 bits per heavy atom. The van der Waals surface area contributed by atoms with Crippen LogP contribution in [0.15, 0.2) is 53.5 Å². The summed E-state index contributed by atoms with van der Waals surface area (Å²) >= 11 is 1.51. The molecule has 1 aliphatic heterocycles. The first-order valence-electron chi connectivity index (χ1n) is 9.57. The van der Waals surface area contributed by atoms with Crippen LogP contribution in [0.1, 0.15) is 42.2 Å². The quantitative estimate of drug-likeness (QED) is 0.389. The summed E-state index contributed by atoms with van der Waals surface area (Å²) in [4.78, 5) is 31.8. The number of aromatic nitrogens is 1. The standard InChI is InChI=1S/C22H20N2O3S/c25-20(15-12-23-16-9-4-3-8-14(15)16)18-19(17-10-5-11-28-17)24(22(27)21(18)26)13-6-1-2-7-13/h3-5,8-13,19,23,25H,1-2,6-7H2/b20-18-. The number of ketones is 1. The topological polar surface area (TPSA) is 73.4 Å². The first-order chi connectivity index (χ1) is 13.7. The van der Waals surface area contributed by atoms with Crippen LogP contribution in [0.3, 0.4) is 0 Å². The fourth-order valence-corrected chi connectivity index (χ4v) is 5.38. The van der Waals surface area contributed by atoms with E-state index in [1.54, 1.807) is 11.1 Å². The van der Waals surface area contributed by atoms with Crippen LogP contribution in [0, 0.1) is 0 Å². The molecule has 5 nitrogen and oxygen atoms in total. The maximum atomic E-state index is 13.0. The summed E-state index contributed by atoms with van der Waals surface area (Å²) in [6, 6.07) is 11.0. The first kappa shape index (κ1) is 17.3. The molecule has 142 valence electrons. The van der Waals surface area contributed by atoms with E-state index in [0.29, 0.717) is 5.56 Å². The van der Waals surface area contributed by atoms with Crippen LogP contribution in [-0.4, -0.2) is 32.7 Å². The lowest BCUT2D eigenvalue weighted by Gasteiger charge is -2.29. The van der Waals surface area contributed by atoms with Crippen LogP contribution in [0.2, 0.25) is 0 Å². The third-order valence-electron chi connectivity index (χ3n) is 5.86. The van der Waals surface area contributed by atoms with Gasteiger partial charge in [0.2, 0.25) is 0 Å². The van der Waals surface area contributed by atoms with Gasteiger partial charge in [0.25, 0.3) is 11.7 Å². The molecule has 0 spiro atoms. The molecule has 1 saturated heterocycles. The Morgan fingerprint density at radius 3 is 2.64 bits per heavy atom. The highest BCUT2D eigenvalue weighted by molar-refractivity contribution is 7.10. The molecule has 28 heavy (non-hydrogen) atoms. The van der Waals surface area contributed by atoms with E-state index in [9.17, 15) is 14.7 Å². The fraction of sp³-hybridized carbons (Fsp3) is 0.273. The van der Waals surface area contributed by atoms with Crippen LogP contribution in [0.4, 0.5) is 0 Å². The lowest BCUT2D eigenvalue weighted by molar-refractivity contribution is -0.141. The van der Waals surface area contributed by atoms with E-state index in [-0.39, 0.29) is 17.4 Å². The molecule has 6 heteroatoms. The number of nitrogens with zero attached hydrogens (tertiary/aromatic N) is 1.